The highest BCUT2D eigenvalue weighted by molar-refractivity contribution is 7.26. The third kappa shape index (κ3) is 4.76. The molecule has 0 spiro atoms. The summed E-state index contributed by atoms with van der Waals surface area (Å²) >= 11 is 3.71. The molecule has 0 bridgehead atoms. The average molecular weight is 700 g/mol. The fourth-order valence-corrected chi connectivity index (χ4v) is 9.89. The fraction of sp³-hybridized carbons (Fsp3) is 0. The summed E-state index contributed by atoms with van der Waals surface area (Å²) in [4.78, 5) is 2.32. The average Bonchev–Trinajstić information content (AvgIpc) is 3.89. The number of hydrogen-bond acceptors (Lipinski definition) is 4. The van der Waals surface area contributed by atoms with Crippen LogP contribution in [-0.4, -0.2) is 0 Å². The van der Waals surface area contributed by atoms with E-state index in [0.29, 0.717) is 0 Å². The maximum absolute atomic E-state index is 6.36. The van der Waals surface area contributed by atoms with Crippen molar-refractivity contribution < 1.29 is 4.42 Å². The Hall–Kier alpha value is -6.20. The molecule has 2 nitrogen and oxygen atoms in total. The van der Waals surface area contributed by atoms with Crippen LogP contribution in [0.4, 0.5) is 17.1 Å². The number of para-hydroxylation sites is 1. The molecule has 0 saturated heterocycles. The van der Waals surface area contributed by atoms with Crippen molar-refractivity contribution in [2.75, 3.05) is 4.90 Å². The summed E-state index contributed by atoms with van der Waals surface area (Å²) in [5.74, 6) is 0. The summed E-state index contributed by atoms with van der Waals surface area (Å²) in [6.07, 6.45) is 0. The molecule has 0 saturated carbocycles. The first-order valence-corrected chi connectivity index (χ1v) is 19.1. The van der Waals surface area contributed by atoms with Crippen molar-refractivity contribution in [2.45, 2.75) is 0 Å². The zero-order chi connectivity index (χ0) is 34.2. The Labute approximate surface area is 308 Å². The van der Waals surface area contributed by atoms with Crippen LogP contribution < -0.4 is 4.90 Å². The standard InChI is InChI=1S/C48H29NOS2/c1-4-10-43-37(7-1)38-24-23-36(29-44(38)50-43)49(34-19-13-30(14-20-34)32-17-25-47-41(27-32)39-8-2-5-11-45(39)51-47)35-21-15-31(16-22-35)33-18-26-48-42(28-33)40-9-3-6-12-46(40)52-48/h1-29H. The van der Waals surface area contributed by atoms with E-state index < -0.39 is 0 Å². The predicted molar refractivity (Wildman–Crippen MR) is 225 cm³/mol. The highest BCUT2D eigenvalue weighted by Gasteiger charge is 2.17. The largest absolute Gasteiger partial charge is 0.456 e. The lowest BCUT2D eigenvalue weighted by Crippen LogP contribution is -2.09. The van der Waals surface area contributed by atoms with Gasteiger partial charge in [-0.1, -0.05) is 91.0 Å². The number of benzene rings is 8. The number of hydrogen-bond donors (Lipinski definition) is 0. The van der Waals surface area contributed by atoms with Gasteiger partial charge in [-0.15, -0.1) is 22.7 Å². The Morgan fingerprint density at radius 3 is 1.33 bits per heavy atom. The Kier molecular flexibility index (Phi) is 6.63. The third-order valence-corrected chi connectivity index (χ3v) is 12.6. The highest BCUT2D eigenvalue weighted by atomic mass is 32.1. The summed E-state index contributed by atoms with van der Waals surface area (Å²) in [6, 6.07) is 63.8. The molecule has 52 heavy (non-hydrogen) atoms. The van der Waals surface area contributed by atoms with Gasteiger partial charge < -0.3 is 9.32 Å². The van der Waals surface area contributed by atoms with Crippen molar-refractivity contribution >= 4 is 102 Å². The Morgan fingerprint density at radius 2 is 0.750 bits per heavy atom. The monoisotopic (exact) mass is 699 g/mol. The number of anilines is 3. The second-order valence-electron chi connectivity index (χ2n) is 13.3. The van der Waals surface area contributed by atoms with Gasteiger partial charge in [-0.05, 0) is 101 Å². The van der Waals surface area contributed by atoms with Crippen molar-refractivity contribution in [1.29, 1.82) is 0 Å². The summed E-state index contributed by atoms with van der Waals surface area (Å²) in [5.41, 5.74) is 9.82. The first kappa shape index (κ1) is 29.5. The van der Waals surface area contributed by atoms with E-state index >= 15 is 0 Å². The molecule has 0 N–H and O–H groups in total. The van der Waals surface area contributed by atoms with Crippen LogP contribution in [-0.2, 0) is 0 Å². The van der Waals surface area contributed by atoms with Gasteiger partial charge in [0.25, 0.3) is 0 Å². The molecule has 0 aliphatic heterocycles. The number of fused-ring (bicyclic) bond motifs is 9. The number of thiophene rings is 2. The zero-order valence-electron chi connectivity index (χ0n) is 27.9. The summed E-state index contributed by atoms with van der Waals surface area (Å²) in [7, 11) is 0. The minimum Gasteiger partial charge on any atom is -0.456 e. The molecule has 0 unspecified atom stereocenters. The SMILES string of the molecule is c1ccc2c(c1)oc1cc(N(c3ccc(-c4ccc5sc6ccccc6c5c4)cc3)c3ccc(-c4ccc5sc6ccccc6c5c4)cc3)ccc12. The fourth-order valence-electron chi connectivity index (χ4n) is 7.72. The molecular weight excluding hydrogens is 671 g/mol. The molecule has 0 aliphatic rings. The van der Waals surface area contributed by atoms with E-state index in [1.165, 1.54) is 62.6 Å². The number of furan rings is 1. The minimum atomic E-state index is 0.879. The van der Waals surface area contributed by atoms with Gasteiger partial charge in [-0.2, -0.15) is 0 Å². The molecule has 0 radical (unpaired) electrons. The van der Waals surface area contributed by atoms with E-state index in [-0.39, 0.29) is 0 Å². The Bertz CT molecular complexity index is 2970. The molecule has 0 atom stereocenters. The van der Waals surface area contributed by atoms with Gasteiger partial charge in [-0.25, -0.2) is 0 Å². The molecule has 11 aromatic rings. The number of nitrogens with zero attached hydrogens (tertiary/aromatic N) is 1. The van der Waals surface area contributed by atoms with E-state index in [1.807, 2.05) is 34.8 Å². The molecule has 11 rings (SSSR count). The van der Waals surface area contributed by atoms with Crippen LogP contribution in [0.1, 0.15) is 0 Å². The topological polar surface area (TPSA) is 16.4 Å². The minimum absolute atomic E-state index is 0.879. The molecular formula is C48H29NOS2. The van der Waals surface area contributed by atoms with Crippen molar-refractivity contribution in [3.8, 4) is 22.3 Å². The van der Waals surface area contributed by atoms with Crippen molar-refractivity contribution in [1.82, 2.24) is 0 Å². The number of rotatable bonds is 5. The summed E-state index contributed by atoms with van der Waals surface area (Å²) in [5, 5.41) is 7.52. The first-order chi connectivity index (χ1) is 25.7. The quantitative estimate of drug-likeness (QED) is 0.178. The van der Waals surface area contributed by atoms with E-state index in [4.69, 9.17) is 4.42 Å². The maximum Gasteiger partial charge on any atom is 0.137 e. The third-order valence-electron chi connectivity index (χ3n) is 10.3. The molecule has 3 aromatic heterocycles. The molecule has 0 aliphatic carbocycles. The lowest BCUT2D eigenvalue weighted by molar-refractivity contribution is 0.669. The van der Waals surface area contributed by atoms with Gasteiger partial charge in [0.1, 0.15) is 11.2 Å². The molecule has 8 aromatic carbocycles. The van der Waals surface area contributed by atoms with Gasteiger partial charge >= 0.3 is 0 Å². The maximum atomic E-state index is 6.36. The smallest absolute Gasteiger partial charge is 0.137 e. The van der Waals surface area contributed by atoms with Gasteiger partial charge in [0.2, 0.25) is 0 Å². The lowest BCUT2D eigenvalue weighted by Gasteiger charge is -2.26. The second-order valence-corrected chi connectivity index (χ2v) is 15.5. The van der Waals surface area contributed by atoms with Gasteiger partial charge in [0.15, 0.2) is 0 Å². The van der Waals surface area contributed by atoms with Crippen molar-refractivity contribution in [3.63, 3.8) is 0 Å². The van der Waals surface area contributed by atoms with E-state index in [1.54, 1.807) is 0 Å². The first-order valence-electron chi connectivity index (χ1n) is 17.5. The Morgan fingerprint density at radius 1 is 0.308 bits per heavy atom. The van der Waals surface area contributed by atoms with Crippen LogP contribution in [0, 0.1) is 0 Å². The van der Waals surface area contributed by atoms with Crippen LogP contribution in [0.5, 0.6) is 0 Å². The van der Waals surface area contributed by atoms with Gasteiger partial charge in [0, 0.05) is 74.2 Å². The molecule has 244 valence electrons. The van der Waals surface area contributed by atoms with Crippen molar-refractivity contribution in [3.05, 3.63) is 176 Å². The second kappa shape index (κ2) is 11.7. The van der Waals surface area contributed by atoms with Gasteiger partial charge in [0.05, 0.1) is 0 Å². The van der Waals surface area contributed by atoms with E-state index in [2.05, 4.69) is 169 Å². The highest BCUT2D eigenvalue weighted by Crippen LogP contribution is 2.42. The summed E-state index contributed by atoms with van der Waals surface area (Å²) < 4.78 is 11.7. The molecule has 0 fully saturated rings. The van der Waals surface area contributed by atoms with E-state index in [9.17, 15) is 0 Å². The van der Waals surface area contributed by atoms with Crippen molar-refractivity contribution in [2.24, 2.45) is 0 Å². The molecule has 0 amide bonds. The Balaban J connectivity index is 1.00. The lowest BCUT2D eigenvalue weighted by atomic mass is 10.0. The molecule has 4 heteroatoms. The summed E-state index contributed by atoms with van der Waals surface area (Å²) in [6.45, 7) is 0. The van der Waals surface area contributed by atoms with Crippen LogP contribution in [0.15, 0.2) is 180 Å². The zero-order valence-corrected chi connectivity index (χ0v) is 29.5. The van der Waals surface area contributed by atoms with Gasteiger partial charge in [-0.3, -0.25) is 0 Å². The predicted octanol–water partition coefficient (Wildman–Crippen LogP) is 15.1. The van der Waals surface area contributed by atoms with Crippen LogP contribution in [0.2, 0.25) is 0 Å². The van der Waals surface area contributed by atoms with Crippen LogP contribution in [0.25, 0.3) is 84.5 Å². The van der Waals surface area contributed by atoms with E-state index in [0.717, 1.165) is 39.0 Å². The van der Waals surface area contributed by atoms with Crippen LogP contribution in [0.3, 0.4) is 0 Å². The molecule has 3 heterocycles. The normalized spacial score (nSPS) is 11.8. The van der Waals surface area contributed by atoms with Crippen LogP contribution >= 0.6 is 22.7 Å².